The molecule has 0 spiro atoms. The van der Waals surface area contributed by atoms with E-state index in [-0.39, 0.29) is 65.8 Å². The summed E-state index contributed by atoms with van der Waals surface area (Å²) in [5, 5.41) is 20.7. The van der Waals surface area contributed by atoms with Crippen molar-refractivity contribution < 1.29 is 46.2 Å². The predicted molar refractivity (Wildman–Crippen MR) is 192 cm³/mol. The van der Waals surface area contributed by atoms with Crippen LogP contribution in [0.25, 0.3) is 0 Å². The number of nitrogens with zero attached hydrogens (tertiary/aromatic N) is 5. The van der Waals surface area contributed by atoms with E-state index in [4.69, 9.17) is 29.4 Å². The van der Waals surface area contributed by atoms with Crippen LogP contribution >= 0.6 is 15.9 Å². The molecule has 2 heterocycles. The molecular formula is C31H37BrFN9O10S. The minimum atomic E-state index is -3.81. The molecule has 0 saturated carbocycles. The maximum absolute atomic E-state index is 14.2. The first kappa shape index (κ1) is 40.9. The van der Waals surface area contributed by atoms with Crippen LogP contribution in [0.4, 0.5) is 33.2 Å². The van der Waals surface area contributed by atoms with Gasteiger partial charge in [0.05, 0.1) is 92.1 Å². The number of nitrogens with two attached hydrogens (primary N) is 1. The molecule has 4 rings (SSSR count). The van der Waals surface area contributed by atoms with Gasteiger partial charge in [-0.15, -0.1) is 5.10 Å². The summed E-state index contributed by atoms with van der Waals surface area (Å²) in [6.07, 6.45) is 2.72. The van der Waals surface area contributed by atoms with Gasteiger partial charge in [-0.2, -0.15) is 4.98 Å². The molecule has 4 aromatic rings. The monoisotopic (exact) mass is 825 g/mol. The molecule has 2 aromatic heterocycles. The number of carbonyl (C=O) groups excluding carboxylic acids is 1. The molecule has 53 heavy (non-hydrogen) atoms. The summed E-state index contributed by atoms with van der Waals surface area (Å²) >= 11 is 3.32. The lowest BCUT2D eigenvalue weighted by molar-refractivity contribution is -0.385. The van der Waals surface area contributed by atoms with E-state index in [1.165, 1.54) is 60.6 Å². The minimum absolute atomic E-state index is 0.0332. The number of carbonyl (C=O) groups is 1. The van der Waals surface area contributed by atoms with Gasteiger partial charge >= 0.3 is 11.6 Å². The van der Waals surface area contributed by atoms with Gasteiger partial charge in [-0.25, -0.2) is 22.5 Å². The number of anilines is 4. The largest absolute Gasteiger partial charge is 0.475 e. The van der Waals surface area contributed by atoms with Gasteiger partial charge in [-0.05, 0) is 52.3 Å². The number of amides is 1. The predicted octanol–water partition coefficient (Wildman–Crippen LogP) is 3.12. The minimum Gasteiger partial charge on any atom is -0.475 e. The Balaban J connectivity index is 1.06. The lowest BCUT2D eigenvalue weighted by Gasteiger charge is -2.13. The average molecular weight is 827 g/mol. The molecule has 0 unspecified atom stereocenters. The Bertz CT molecular complexity index is 1940. The smallest absolute Gasteiger partial charge is 0.350 e. The van der Waals surface area contributed by atoms with E-state index in [1.807, 2.05) is 0 Å². The van der Waals surface area contributed by atoms with E-state index in [2.05, 4.69) is 46.4 Å². The molecule has 0 aliphatic heterocycles. The highest BCUT2D eigenvalue weighted by atomic mass is 79.9. The maximum atomic E-state index is 14.2. The number of halogens is 2. The highest BCUT2D eigenvalue weighted by molar-refractivity contribution is 9.10. The highest BCUT2D eigenvalue weighted by Crippen LogP contribution is 2.28. The normalized spacial score (nSPS) is 11.4. The third-order valence-corrected chi connectivity index (χ3v) is 8.95. The Morgan fingerprint density at radius 3 is 2.23 bits per heavy atom. The first-order valence-corrected chi connectivity index (χ1v) is 18.1. The van der Waals surface area contributed by atoms with Crippen LogP contribution < -0.4 is 25.8 Å². The fourth-order valence-electron chi connectivity index (χ4n) is 4.40. The summed E-state index contributed by atoms with van der Waals surface area (Å²) in [6.45, 7) is 2.64. The second kappa shape index (κ2) is 20.4. The van der Waals surface area contributed by atoms with Gasteiger partial charge in [0, 0.05) is 18.4 Å². The second-order valence-electron chi connectivity index (χ2n) is 10.6. The van der Waals surface area contributed by atoms with Crippen LogP contribution in [-0.4, -0.2) is 106 Å². The molecule has 1 amide bonds. The number of ether oxygens (including phenoxy) is 5. The average Bonchev–Trinajstić information content (AvgIpc) is 3.55. The Morgan fingerprint density at radius 1 is 0.981 bits per heavy atom. The van der Waals surface area contributed by atoms with Crippen molar-refractivity contribution in [3.8, 4) is 5.88 Å². The number of hydrogen-bond acceptors (Lipinski definition) is 15. The molecule has 5 N–H and O–H groups in total. The molecule has 0 saturated heterocycles. The lowest BCUT2D eigenvalue weighted by atomic mass is 10.1. The number of methoxy groups -OCH3 is 1. The number of primary amides is 1. The molecular weight excluding hydrogens is 789 g/mol. The SMILES string of the molecule is COc1nn(CCOCCOCCOCCOCCNS(=O)(=O)c2ccc(Nc3ncc(Br)c(Nc4cccc(F)c4C(N)=O)n3)cc2)cc1[N+](=O)[O-]. The fraction of sp³-hybridized carbons (Fsp3) is 0.355. The molecule has 0 atom stereocenters. The summed E-state index contributed by atoms with van der Waals surface area (Å²) in [7, 11) is -2.50. The lowest BCUT2D eigenvalue weighted by Crippen LogP contribution is -2.27. The molecule has 2 aromatic carbocycles. The first-order valence-electron chi connectivity index (χ1n) is 15.8. The summed E-state index contributed by atoms with van der Waals surface area (Å²) in [6, 6.07) is 9.90. The van der Waals surface area contributed by atoms with E-state index < -0.39 is 26.7 Å². The topological polar surface area (TPSA) is 246 Å². The van der Waals surface area contributed by atoms with E-state index in [0.29, 0.717) is 49.7 Å². The Morgan fingerprint density at radius 2 is 1.62 bits per heavy atom. The first-order chi connectivity index (χ1) is 25.5. The molecule has 286 valence electrons. The van der Waals surface area contributed by atoms with Gasteiger partial charge in [-0.1, -0.05) is 6.07 Å². The number of benzene rings is 2. The molecule has 19 nitrogen and oxygen atoms in total. The molecule has 0 aliphatic rings. The van der Waals surface area contributed by atoms with Crippen LogP contribution in [0.5, 0.6) is 5.88 Å². The number of nitro groups is 1. The van der Waals surface area contributed by atoms with Crippen molar-refractivity contribution in [3.05, 3.63) is 80.8 Å². The Labute approximate surface area is 311 Å². The van der Waals surface area contributed by atoms with Crippen molar-refractivity contribution in [1.82, 2.24) is 24.5 Å². The van der Waals surface area contributed by atoms with Gasteiger partial charge in [0.2, 0.25) is 16.0 Å². The van der Waals surface area contributed by atoms with E-state index in [1.54, 1.807) is 0 Å². The van der Waals surface area contributed by atoms with Crippen LogP contribution in [0.15, 0.2) is 64.2 Å². The van der Waals surface area contributed by atoms with E-state index >= 15 is 0 Å². The van der Waals surface area contributed by atoms with Crippen LogP contribution in [0.1, 0.15) is 10.4 Å². The third kappa shape index (κ3) is 12.7. The van der Waals surface area contributed by atoms with Crippen LogP contribution in [-0.2, 0) is 35.5 Å². The molecule has 22 heteroatoms. The van der Waals surface area contributed by atoms with Crippen LogP contribution in [0.2, 0.25) is 0 Å². The molecule has 0 bridgehead atoms. The molecule has 0 aliphatic carbocycles. The maximum Gasteiger partial charge on any atom is 0.350 e. The zero-order chi connectivity index (χ0) is 38.2. The zero-order valence-electron chi connectivity index (χ0n) is 28.3. The standard InChI is InChI=1S/C31H37BrFN9O10S/c1-48-30-26(42(44)45)20-41(40-30)10-12-50-14-16-52-18-17-51-15-13-49-11-9-36-53(46,47)22-7-5-21(6-8-22)37-31-35-19-23(32)29(39-31)38-25-4-2-3-24(33)27(25)28(34)43/h2-8,19-20,36H,9-18H2,1H3,(H2,34,43)(H2,35,37,38,39). The van der Waals surface area contributed by atoms with E-state index in [0.717, 1.165) is 6.07 Å². The summed E-state index contributed by atoms with van der Waals surface area (Å²) in [4.78, 5) is 30.7. The second-order valence-corrected chi connectivity index (χ2v) is 13.2. The van der Waals surface area contributed by atoms with Crippen molar-refractivity contribution in [2.75, 3.05) is 77.1 Å². The van der Waals surface area contributed by atoms with Gasteiger partial charge in [-0.3, -0.25) is 19.6 Å². The van der Waals surface area contributed by atoms with Crippen LogP contribution in [0.3, 0.4) is 0 Å². The number of nitrogens with one attached hydrogen (secondary N) is 3. The zero-order valence-corrected chi connectivity index (χ0v) is 30.7. The van der Waals surface area contributed by atoms with Gasteiger partial charge in [0.25, 0.3) is 5.91 Å². The van der Waals surface area contributed by atoms with Gasteiger partial charge in [0.1, 0.15) is 17.8 Å². The van der Waals surface area contributed by atoms with E-state index in [9.17, 15) is 27.7 Å². The van der Waals surface area contributed by atoms with Crippen LogP contribution in [0, 0.1) is 15.9 Å². The van der Waals surface area contributed by atoms with Crippen molar-refractivity contribution in [1.29, 1.82) is 0 Å². The van der Waals surface area contributed by atoms with Crippen molar-refractivity contribution >= 4 is 60.7 Å². The fourth-order valence-corrected chi connectivity index (χ4v) is 5.70. The molecule has 0 radical (unpaired) electrons. The van der Waals surface area contributed by atoms with Gasteiger partial charge < -0.3 is 40.1 Å². The Kier molecular flexibility index (Phi) is 15.8. The summed E-state index contributed by atoms with van der Waals surface area (Å²) < 4.78 is 70.5. The molecule has 0 fully saturated rings. The summed E-state index contributed by atoms with van der Waals surface area (Å²) in [5.74, 6) is -1.43. The number of sulfonamides is 1. The Hall–Kier alpha value is -4.84. The number of aromatic nitrogens is 4. The van der Waals surface area contributed by atoms with Crippen molar-refractivity contribution in [2.45, 2.75) is 11.4 Å². The number of rotatable bonds is 24. The third-order valence-electron chi connectivity index (χ3n) is 6.90. The number of hydrogen-bond donors (Lipinski definition) is 4. The van der Waals surface area contributed by atoms with Crippen molar-refractivity contribution in [3.63, 3.8) is 0 Å². The quantitative estimate of drug-likeness (QED) is 0.0450. The summed E-state index contributed by atoms with van der Waals surface area (Å²) in [5.41, 5.74) is 5.40. The highest BCUT2D eigenvalue weighted by Gasteiger charge is 2.20. The van der Waals surface area contributed by atoms with Gasteiger partial charge in [0.15, 0.2) is 0 Å². The van der Waals surface area contributed by atoms with Crippen molar-refractivity contribution in [2.24, 2.45) is 5.73 Å².